The second-order valence-electron chi connectivity index (χ2n) is 4.73. The highest BCUT2D eigenvalue weighted by Crippen LogP contribution is 2.29. The highest BCUT2D eigenvalue weighted by atomic mass is 32.2. The molecule has 0 aliphatic carbocycles. The van der Waals surface area contributed by atoms with Gasteiger partial charge in [0.15, 0.2) is 0 Å². The third-order valence-electron chi connectivity index (χ3n) is 3.14. The average molecular weight is 287 g/mol. The van der Waals surface area contributed by atoms with E-state index in [0.29, 0.717) is 11.2 Å². The molecule has 0 amide bonds. The Kier molecular flexibility index (Phi) is 5.41. The molecule has 0 radical (unpaired) electrons. The second-order valence-corrected chi connectivity index (χ2v) is 6.02. The van der Waals surface area contributed by atoms with Crippen LogP contribution in [-0.2, 0) is 0 Å². The van der Waals surface area contributed by atoms with E-state index in [2.05, 4.69) is 36.1 Å². The van der Waals surface area contributed by atoms with Crippen LogP contribution in [-0.4, -0.2) is 15.2 Å². The molecule has 0 fully saturated rings. The van der Waals surface area contributed by atoms with Gasteiger partial charge in [0.2, 0.25) is 5.95 Å². The van der Waals surface area contributed by atoms with Crippen molar-refractivity contribution in [3.8, 4) is 0 Å². The maximum Gasteiger partial charge on any atom is 0.228 e. The predicted molar refractivity (Wildman–Crippen MR) is 86.7 cm³/mol. The molecule has 1 aromatic carbocycles. The van der Waals surface area contributed by atoms with E-state index in [1.54, 1.807) is 0 Å². The molecule has 3 nitrogen and oxygen atoms in total. The Bertz CT molecular complexity index is 539. The molecular weight excluding hydrogens is 266 g/mol. The lowest BCUT2D eigenvalue weighted by Crippen LogP contribution is -2.03. The molecular formula is C16H21N3S. The number of rotatable bonds is 6. The zero-order chi connectivity index (χ0) is 14.4. The number of nitrogens with one attached hydrogen (secondary N) is 1. The van der Waals surface area contributed by atoms with Gasteiger partial charge in [0.25, 0.3) is 0 Å². The lowest BCUT2D eigenvalue weighted by atomic mass is 10.3. The summed E-state index contributed by atoms with van der Waals surface area (Å²) in [5.74, 6) is 0.662. The van der Waals surface area contributed by atoms with Crippen LogP contribution in [0, 0.1) is 6.92 Å². The van der Waals surface area contributed by atoms with E-state index < -0.39 is 0 Å². The van der Waals surface area contributed by atoms with Gasteiger partial charge in [-0.3, -0.25) is 0 Å². The zero-order valence-electron chi connectivity index (χ0n) is 12.3. The molecule has 20 heavy (non-hydrogen) atoms. The molecule has 0 saturated carbocycles. The number of thioether (sulfide) groups is 1. The highest BCUT2D eigenvalue weighted by Gasteiger charge is 2.10. The summed E-state index contributed by atoms with van der Waals surface area (Å²) in [6.07, 6.45) is 4.21. The Morgan fingerprint density at radius 1 is 1.15 bits per heavy atom. The van der Waals surface area contributed by atoms with Crippen LogP contribution in [0.2, 0.25) is 0 Å². The van der Waals surface area contributed by atoms with Crippen molar-refractivity contribution < 1.29 is 0 Å². The first-order valence-electron chi connectivity index (χ1n) is 7.05. The molecule has 0 atom stereocenters. The van der Waals surface area contributed by atoms with Crippen molar-refractivity contribution >= 4 is 23.4 Å². The predicted octanol–water partition coefficient (Wildman–Crippen LogP) is 4.81. The molecule has 2 aromatic rings. The summed E-state index contributed by atoms with van der Waals surface area (Å²) in [5, 5.41) is 4.94. The Hall–Kier alpha value is -1.55. The molecule has 0 bridgehead atoms. The van der Waals surface area contributed by atoms with E-state index >= 15 is 0 Å². The van der Waals surface area contributed by atoms with Gasteiger partial charge in [-0.05, 0) is 37.5 Å². The zero-order valence-corrected chi connectivity index (χ0v) is 13.1. The Labute approximate surface area is 125 Å². The Morgan fingerprint density at radius 3 is 2.50 bits per heavy atom. The maximum absolute atomic E-state index is 4.64. The van der Waals surface area contributed by atoms with Gasteiger partial charge in [-0.15, -0.1) is 11.8 Å². The second kappa shape index (κ2) is 7.29. The van der Waals surface area contributed by atoms with Gasteiger partial charge in [0, 0.05) is 17.1 Å². The number of anilines is 2. The summed E-state index contributed by atoms with van der Waals surface area (Å²) >= 11 is 1.85. The highest BCUT2D eigenvalue weighted by molar-refractivity contribution is 7.99. The number of benzene rings is 1. The van der Waals surface area contributed by atoms with Crippen molar-refractivity contribution in [1.29, 1.82) is 0 Å². The van der Waals surface area contributed by atoms with E-state index in [4.69, 9.17) is 0 Å². The van der Waals surface area contributed by atoms with Crippen molar-refractivity contribution in [2.75, 3.05) is 5.32 Å². The van der Waals surface area contributed by atoms with Gasteiger partial charge >= 0.3 is 0 Å². The summed E-state index contributed by atoms with van der Waals surface area (Å²) < 4.78 is 0. The standard InChI is InChI=1S/C16H21N3S/c1-4-14(5-2)20-15-12(3)11-17-16(19-15)18-13-9-7-6-8-10-13/h6-11,14H,4-5H2,1-3H3,(H,17,18,19). The largest absolute Gasteiger partial charge is 0.324 e. The van der Waals surface area contributed by atoms with Crippen LogP contribution in [0.3, 0.4) is 0 Å². The van der Waals surface area contributed by atoms with Crippen LogP contribution < -0.4 is 5.32 Å². The molecule has 0 aliphatic heterocycles. The molecule has 4 heteroatoms. The van der Waals surface area contributed by atoms with Gasteiger partial charge in [-0.1, -0.05) is 32.0 Å². The number of nitrogens with zero attached hydrogens (tertiary/aromatic N) is 2. The molecule has 1 aromatic heterocycles. The molecule has 0 saturated heterocycles. The van der Waals surface area contributed by atoms with Crippen molar-refractivity contribution in [1.82, 2.24) is 9.97 Å². The normalized spacial score (nSPS) is 10.8. The van der Waals surface area contributed by atoms with Crippen LogP contribution in [0.4, 0.5) is 11.6 Å². The van der Waals surface area contributed by atoms with Crippen molar-refractivity contribution in [3.05, 3.63) is 42.1 Å². The molecule has 0 aliphatic rings. The molecule has 0 unspecified atom stereocenters. The monoisotopic (exact) mass is 287 g/mol. The fourth-order valence-corrected chi connectivity index (χ4v) is 2.90. The summed E-state index contributed by atoms with van der Waals surface area (Å²) in [6.45, 7) is 6.51. The lowest BCUT2D eigenvalue weighted by Gasteiger charge is -2.13. The quantitative estimate of drug-likeness (QED) is 0.611. The minimum atomic E-state index is 0.619. The minimum absolute atomic E-state index is 0.619. The first-order valence-corrected chi connectivity index (χ1v) is 7.93. The van der Waals surface area contributed by atoms with Crippen LogP contribution in [0.5, 0.6) is 0 Å². The van der Waals surface area contributed by atoms with Crippen LogP contribution >= 0.6 is 11.8 Å². The van der Waals surface area contributed by atoms with Crippen LogP contribution in [0.25, 0.3) is 0 Å². The van der Waals surface area contributed by atoms with Crippen molar-refractivity contribution in [3.63, 3.8) is 0 Å². The number of hydrogen-bond donors (Lipinski definition) is 1. The van der Waals surface area contributed by atoms with E-state index in [0.717, 1.165) is 29.1 Å². The van der Waals surface area contributed by atoms with Gasteiger partial charge in [0.05, 0.1) is 0 Å². The van der Waals surface area contributed by atoms with Crippen LogP contribution in [0.1, 0.15) is 32.3 Å². The fourth-order valence-electron chi connectivity index (χ4n) is 1.87. The SMILES string of the molecule is CCC(CC)Sc1nc(Nc2ccccc2)ncc1C. The molecule has 0 spiro atoms. The minimum Gasteiger partial charge on any atom is -0.324 e. The lowest BCUT2D eigenvalue weighted by molar-refractivity contribution is 0.788. The number of hydrogen-bond acceptors (Lipinski definition) is 4. The molecule has 106 valence electrons. The van der Waals surface area contributed by atoms with Crippen molar-refractivity contribution in [2.24, 2.45) is 0 Å². The first-order chi connectivity index (χ1) is 9.72. The topological polar surface area (TPSA) is 37.8 Å². The van der Waals surface area contributed by atoms with E-state index in [9.17, 15) is 0 Å². The van der Waals surface area contributed by atoms with Crippen LogP contribution in [0.15, 0.2) is 41.6 Å². The van der Waals surface area contributed by atoms with E-state index in [1.807, 2.05) is 48.3 Å². The summed E-state index contributed by atoms with van der Waals surface area (Å²) in [7, 11) is 0. The summed E-state index contributed by atoms with van der Waals surface area (Å²) in [4.78, 5) is 9.00. The summed E-state index contributed by atoms with van der Waals surface area (Å²) in [5.41, 5.74) is 2.15. The Morgan fingerprint density at radius 2 is 1.85 bits per heavy atom. The van der Waals surface area contributed by atoms with E-state index in [-0.39, 0.29) is 0 Å². The smallest absolute Gasteiger partial charge is 0.228 e. The first kappa shape index (κ1) is 14.9. The molecule has 2 rings (SSSR count). The molecule has 1 heterocycles. The van der Waals surface area contributed by atoms with Gasteiger partial charge < -0.3 is 5.32 Å². The Balaban J connectivity index is 2.16. The third-order valence-corrected chi connectivity index (χ3v) is 4.78. The fraction of sp³-hybridized carbons (Fsp3) is 0.375. The average Bonchev–Trinajstić information content (AvgIpc) is 2.49. The molecule has 1 N–H and O–H groups in total. The number of aryl methyl sites for hydroxylation is 1. The third kappa shape index (κ3) is 3.97. The van der Waals surface area contributed by atoms with Crippen molar-refractivity contribution in [2.45, 2.75) is 43.9 Å². The number of aromatic nitrogens is 2. The van der Waals surface area contributed by atoms with Gasteiger partial charge in [-0.25, -0.2) is 9.97 Å². The number of para-hydroxylation sites is 1. The maximum atomic E-state index is 4.64. The van der Waals surface area contributed by atoms with Gasteiger partial charge in [0.1, 0.15) is 5.03 Å². The summed E-state index contributed by atoms with van der Waals surface area (Å²) in [6, 6.07) is 10.0. The van der Waals surface area contributed by atoms with E-state index in [1.165, 1.54) is 0 Å². The van der Waals surface area contributed by atoms with Gasteiger partial charge in [-0.2, -0.15) is 0 Å².